The molecule has 0 aliphatic heterocycles. The van der Waals surface area contributed by atoms with Crippen LogP contribution in [0.1, 0.15) is 5.56 Å². The fourth-order valence-corrected chi connectivity index (χ4v) is 1.81. The van der Waals surface area contributed by atoms with E-state index in [2.05, 4.69) is 20.3 Å². The molecule has 2 N–H and O–H groups in total. The number of carbonyl (C=O) groups is 2. The normalized spacial score (nSPS) is 10.1. The summed E-state index contributed by atoms with van der Waals surface area (Å²) in [6, 6.07) is 9.47. The molecule has 2 aromatic rings. The number of hydrogen-bond donors (Lipinski definition) is 2. The van der Waals surface area contributed by atoms with E-state index in [4.69, 9.17) is 0 Å². The zero-order chi connectivity index (χ0) is 15.9. The number of anilines is 2. The van der Waals surface area contributed by atoms with Crippen molar-refractivity contribution >= 4 is 23.3 Å². The van der Waals surface area contributed by atoms with E-state index in [1.807, 2.05) is 43.3 Å². The minimum Gasteiger partial charge on any atom is -0.378 e. The van der Waals surface area contributed by atoms with Gasteiger partial charge in [-0.25, -0.2) is 0 Å². The van der Waals surface area contributed by atoms with Crippen LogP contribution in [-0.4, -0.2) is 37.6 Å². The van der Waals surface area contributed by atoms with Crippen molar-refractivity contribution in [2.24, 2.45) is 0 Å². The van der Waals surface area contributed by atoms with Gasteiger partial charge in [-0.3, -0.25) is 14.9 Å². The lowest BCUT2D eigenvalue weighted by Gasteiger charge is -2.12. The van der Waals surface area contributed by atoms with Crippen LogP contribution in [0.4, 0.5) is 11.5 Å². The third-order valence-corrected chi connectivity index (χ3v) is 3.04. The standard InChI is InChI=1S/C15H18N4O3/c1-19(2)12-5-3-11(4-6-12)7-9-16-14(20)15(21)17-13-8-10-22-18-13/h3-6,8,10H,7,9H2,1-2H3,(H,16,20)(H,17,18,21). The monoisotopic (exact) mass is 302 g/mol. The first-order valence-electron chi connectivity index (χ1n) is 6.82. The van der Waals surface area contributed by atoms with Crippen molar-refractivity contribution in [3.05, 3.63) is 42.2 Å². The van der Waals surface area contributed by atoms with Crippen molar-refractivity contribution in [3.8, 4) is 0 Å². The summed E-state index contributed by atoms with van der Waals surface area (Å²) in [6.45, 7) is 0.381. The summed E-state index contributed by atoms with van der Waals surface area (Å²) in [5.74, 6) is -1.26. The van der Waals surface area contributed by atoms with Crippen LogP contribution >= 0.6 is 0 Å². The third-order valence-electron chi connectivity index (χ3n) is 3.04. The second-order valence-electron chi connectivity index (χ2n) is 4.91. The van der Waals surface area contributed by atoms with E-state index in [0.717, 1.165) is 11.3 Å². The molecule has 1 aromatic carbocycles. The molecule has 0 saturated heterocycles. The molecule has 0 spiro atoms. The van der Waals surface area contributed by atoms with Gasteiger partial charge < -0.3 is 14.7 Å². The van der Waals surface area contributed by atoms with Gasteiger partial charge in [-0.05, 0) is 24.1 Å². The maximum atomic E-state index is 11.6. The lowest BCUT2D eigenvalue weighted by molar-refractivity contribution is -0.136. The fourth-order valence-electron chi connectivity index (χ4n) is 1.81. The summed E-state index contributed by atoms with van der Waals surface area (Å²) in [5, 5.41) is 8.39. The minimum absolute atomic E-state index is 0.208. The quantitative estimate of drug-likeness (QED) is 0.806. The van der Waals surface area contributed by atoms with Crippen LogP contribution in [0.5, 0.6) is 0 Å². The number of nitrogens with one attached hydrogen (secondary N) is 2. The van der Waals surface area contributed by atoms with Gasteiger partial charge in [0, 0.05) is 32.4 Å². The molecule has 0 aliphatic carbocycles. The third kappa shape index (κ3) is 4.34. The number of hydrogen-bond acceptors (Lipinski definition) is 5. The number of benzene rings is 1. The van der Waals surface area contributed by atoms with Gasteiger partial charge in [-0.2, -0.15) is 0 Å². The molecule has 7 nitrogen and oxygen atoms in total. The Hall–Kier alpha value is -2.83. The van der Waals surface area contributed by atoms with Crippen molar-refractivity contribution in [3.63, 3.8) is 0 Å². The number of nitrogens with zero attached hydrogens (tertiary/aromatic N) is 2. The molecular formula is C15H18N4O3. The molecule has 0 bridgehead atoms. The highest BCUT2D eigenvalue weighted by Gasteiger charge is 2.14. The van der Waals surface area contributed by atoms with Gasteiger partial charge in [-0.15, -0.1) is 0 Å². The smallest absolute Gasteiger partial charge is 0.314 e. The number of amides is 2. The summed E-state index contributed by atoms with van der Waals surface area (Å²) in [5.41, 5.74) is 2.20. The van der Waals surface area contributed by atoms with Gasteiger partial charge in [-0.1, -0.05) is 17.3 Å². The van der Waals surface area contributed by atoms with Crippen LogP contribution in [0.25, 0.3) is 0 Å². The average molecular weight is 302 g/mol. The molecule has 0 radical (unpaired) electrons. The Kier molecular flexibility index (Phi) is 5.13. The SMILES string of the molecule is CN(C)c1ccc(CCNC(=O)C(=O)Nc2ccon2)cc1. The molecule has 1 heterocycles. The molecule has 0 atom stereocenters. The molecule has 0 aliphatic rings. The molecule has 2 amide bonds. The minimum atomic E-state index is -0.767. The van der Waals surface area contributed by atoms with Crippen molar-refractivity contribution < 1.29 is 14.1 Å². The van der Waals surface area contributed by atoms with E-state index in [9.17, 15) is 9.59 Å². The summed E-state index contributed by atoms with van der Waals surface area (Å²) < 4.78 is 4.56. The summed E-state index contributed by atoms with van der Waals surface area (Å²) in [6.07, 6.45) is 1.96. The second-order valence-corrected chi connectivity index (χ2v) is 4.91. The second kappa shape index (κ2) is 7.26. The Morgan fingerprint density at radius 1 is 1.14 bits per heavy atom. The lowest BCUT2D eigenvalue weighted by atomic mass is 10.1. The topological polar surface area (TPSA) is 87.5 Å². The van der Waals surface area contributed by atoms with E-state index < -0.39 is 11.8 Å². The van der Waals surface area contributed by atoms with E-state index in [1.165, 1.54) is 12.3 Å². The first kappa shape index (κ1) is 15.6. The highest BCUT2D eigenvalue weighted by molar-refractivity contribution is 6.39. The van der Waals surface area contributed by atoms with Gasteiger partial charge in [0.25, 0.3) is 0 Å². The van der Waals surface area contributed by atoms with Crippen LogP contribution in [0.3, 0.4) is 0 Å². The fraction of sp³-hybridized carbons (Fsp3) is 0.267. The van der Waals surface area contributed by atoms with E-state index in [0.29, 0.717) is 13.0 Å². The molecule has 0 unspecified atom stereocenters. The predicted molar refractivity (Wildman–Crippen MR) is 82.6 cm³/mol. The zero-order valence-corrected chi connectivity index (χ0v) is 12.5. The molecular weight excluding hydrogens is 284 g/mol. The summed E-state index contributed by atoms with van der Waals surface area (Å²) >= 11 is 0. The first-order chi connectivity index (χ1) is 10.6. The average Bonchev–Trinajstić information content (AvgIpc) is 3.00. The van der Waals surface area contributed by atoms with Crippen molar-refractivity contribution in [1.82, 2.24) is 10.5 Å². The van der Waals surface area contributed by atoms with Crippen LogP contribution in [0.2, 0.25) is 0 Å². The first-order valence-corrected chi connectivity index (χ1v) is 6.82. The number of carbonyl (C=O) groups excluding carboxylic acids is 2. The predicted octanol–water partition coefficient (Wildman–Crippen LogP) is 1.04. The summed E-state index contributed by atoms with van der Waals surface area (Å²) in [4.78, 5) is 25.2. The van der Waals surface area contributed by atoms with Crippen molar-refractivity contribution in [1.29, 1.82) is 0 Å². The Morgan fingerprint density at radius 2 is 1.86 bits per heavy atom. The van der Waals surface area contributed by atoms with Gasteiger partial charge in [0.15, 0.2) is 5.82 Å². The lowest BCUT2D eigenvalue weighted by Crippen LogP contribution is -2.36. The van der Waals surface area contributed by atoms with Crippen LogP contribution in [-0.2, 0) is 16.0 Å². The Labute approximate surface area is 128 Å². The largest absolute Gasteiger partial charge is 0.378 e. The molecule has 0 saturated carbocycles. The number of aromatic nitrogens is 1. The van der Waals surface area contributed by atoms with Crippen LogP contribution in [0.15, 0.2) is 41.1 Å². The van der Waals surface area contributed by atoms with Gasteiger partial charge >= 0.3 is 11.8 Å². The van der Waals surface area contributed by atoms with Gasteiger partial charge in [0.2, 0.25) is 0 Å². The highest BCUT2D eigenvalue weighted by Crippen LogP contribution is 2.12. The van der Waals surface area contributed by atoms with Crippen LogP contribution < -0.4 is 15.5 Å². The van der Waals surface area contributed by atoms with Crippen molar-refractivity contribution in [2.45, 2.75) is 6.42 Å². The van der Waals surface area contributed by atoms with Gasteiger partial charge in [0.05, 0.1) is 0 Å². The Bertz CT molecular complexity index is 621. The number of rotatable bonds is 5. The molecule has 2 rings (SSSR count). The van der Waals surface area contributed by atoms with E-state index in [1.54, 1.807) is 0 Å². The van der Waals surface area contributed by atoms with Gasteiger partial charge in [0.1, 0.15) is 6.26 Å². The summed E-state index contributed by atoms with van der Waals surface area (Å²) in [7, 11) is 3.95. The van der Waals surface area contributed by atoms with Crippen molar-refractivity contribution in [2.75, 3.05) is 30.9 Å². The highest BCUT2D eigenvalue weighted by atomic mass is 16.5. The maximum absolute atomic E-state index is 11.6. The molecule has 7 heteroatoms. The van der Waals surface area contributed by atoms with Crippen LogP contribution in [0, 0.1) is 0 Å². The van der Waals surface area contributed by atoms with E-state index in [-0.39, 0.29) is 5.82 Å². The van der Waals surface area contributed by atoms with E-state index >= 15 is 0 Å². The molecule has 116 valence electrons. The maximum Gasteiger partial charge on any atom is 0.314 e. The molecule has 1 aromatic heterocycles. The Morgan fingerprint density at radius 3 is 2.45 bits per heavy atom. The molecule has 0 fully saturated rings. The zero-order valence-electron chi connectivity index (χ0n) is 12.5. The Balaban J connectivity index is 1.75. The molecule has 22 heavy (non-hydrogen) atoms.